The van der Waals surface area contributed by atoms with Gasteiger partial charge in [-0.15, -0.1) is 11.8 Å². The fraction of sp³-hybridized carbons (Fsp3) is 1.00. The largest absolute Gasteiger partial charge is 1.00 e. The minimum atomic E-state index is -1.34. The minimum Gasteiger partial charge on any atom is -0.746 e. The van der Waals surface area contributed by atoms with E-state index < -0.39 is 5.24 Å². The van der Waals surface area contributed by atoms with Crippen LogP contribution in [0.2, 0.25) is 0 Å². The summed E-state index contributed by atoms with van der Waals surface area (Å²) in [5, 5.41) is -1.34. The van der Waals surface area contributed by atoms with Gasteiger partial charge in [-0.1, -0.05) is 52.4 Å². The summed E-state index contributed by atoms with van der Waals surface area (Å²) < 4.78 is 0. The van der Waals surface area contributed by atoms with Crippen molar-refractivity contribution in [2.45, 2.75) is 52.4 Å². The van der Waals surface area contributed by atoms with Crippen LogP contribution >= 0.6 is 5.24 Å². The first-order chi connectivity index (χ1) is 6.12. The van der Waals surface area contributed by atoms with Crippen LogP contribution in [0.4, 0.5) is 0 Å². The molecule has 0 saturated heterocycles. The van der Waals surface area contributed by atoms with E-state index in [9.17, 15) is 0 Å². The van der Waals surface area contributed by atoms with Crippen molar-refractivity contribution in [2.75, 3.05) is 12.3 Å². The van der Waals surface area contributed by atoms with Crippen LogP contribution in [-0.2, 0) is 24.1 Å². The van der Waals surface area contributed by atoms with Crippen LogP contribution in [0.15, 0.2) is 0 Å². The fourth-order valence-electron chi connectivity index (χ4n) is 1.32. The van der Waals surface area contributed by atoms with Crippen molar-refractivity contribution in [3.63, 3.8) is 0 Å². The van der Waals surface area contributed by atoms with Gasteiger partial charge in [-0.2, -0.15) is 5.24 Å². The monoisotopic (exact) mass is 260 g/mol. The van der Waals surface area contributed by atoms with Crippen molar-refractivity contribution in [1.29, 1.82) is 0 Å². The Hall–Kier alpha value is 2.00. The molecule has 0 aliphatic rings. The smallest absolute Gasteiger partial charge is 0.746 e. The van der Waals surface area contributed by atoms with Crippen molar-refractivity contribution in [3.05, 3.63) is 0 Å². The van der Waals surface area contributed by atoms with Crippen molar-refractivity contribution in [3.8, 4) is 0 Å². The fourth-order valence-corrected chi connectivity index (χ4v) is 4.50. The maximum Gasteiger partial charge on any atom is 1.00 e. The van der Waals surface area contributed by atoms with Gasteiger partial charge in [0, 0.05) is 0 Å². The van der Waals surface area contributed by atoms with Gasteiger partial charge < -0.3 is 12.2 Å². The second-order valence-electron chi connectivity index (χ2n) is 3.68. The average Bonchev–Trinajstić information content (AvgIpc) is 2.05. The Kier molecular flexibility index (Phi) is 15.1. The maximum atomic E-state index is 5.50. The van der Waals surface area contributed by atoms with E-state index in [1.54, 1.807) is 0 Å². The van der Waals surface area contributed by atoms with Gasteiger partial charge >= 0.3 is 29.6 Å². The van der Waals surface area contributed by atoms with Gasteiger partial charge in [0.1, 0.15) is 0 Å². The molecular formula is C10H22NaPS2. The number of hydrogen-bond donors (Lipinski definition) is 0. The average molecular weight is 260 g/mol. The van der Waals surface area contributed by atoms with Crippen molar-refractivity contribution >= 4 is 29.3 Å². The van der Waals surface area contributed by atoms with Gasteiger partial charge in [-0.05, 0) is 12.3 Å². The van der Waals surface area contributed by atoms with Crippen molar-refractivity contribution < 1.29 is 29.6 Å². The molecule has 0 nitrogen and oxygen atoms in total. The first-order valence-electron chi connectivity index (χ1n) is 5.41. The summed E-state index contributed by atoms with van der Waals surface area (Å²) in [6.45, 7) is 4.45. The molecule has 0 fully saturated rings. The number of rotatable bonds is 8. The van der Waals surface area contributed by atoms with Crippen molar-refractivity contribution in [1.82, 2.24) is 0 Å². The molecule has 4 heteroatoms. The molecule has 0 aliphatic heterocycles. The van der Waals surface area contributed by atoms with Gasteiger partial charge in [0.2, 0.25) is 0 Å². The molecule has 0 rings (SSSR count). The third kappa shape index (κ3) is 12.1. The molecule has 0 atom stereocenters. The molecule has 0 amide bonds. The van der Waals surface area contributed by atoms with E-state index in [-0.39, 0.29) is 29.6 Å². The van der Waals surface area contributed by atoms with E-state index in [2.05, 4.69) is 13.8 Å². The van der Waals surface area contributed by atoms with E-state index in [1.807, 2.05) is 0 Å². The molecule has 0 radical (unpaired) electrons. The zero-order chi connectivity index (χ0) is 10.2. The summed E-state index contributed by atoms with van der Waals surface area (Å²) in [6.07, 6.45) is 10.0. The molecule has 0 N–H and O–H groups in total. The van der Waals surface area contributed by atoms with Crippen molar-refractivity contribution in [2.24, 2.45) is 0 Å². The van der Waals surface area contributed by atoms with Gasteiger partial charge in [-0.25, -0.2) is 0 Å². The summed E-state index contributed by atoms with van der Waals surface area (Å²) in [6, 6.07) is 0. The van der Waals surface area contributed by atoms with Gasteiger partial charge in [0.25, 0.3) is 0 Å². The van der Waals surface area contributed by atoms with Crippen LogP contribution in [0.1, 0.15) is 52.4 Å². The van der Waals surface area contributed by atoms with Crippen LogP contribution in [0.5, 0.6) is 0 Å². The zero-order valence-corrected chi connectivity index (χ0v) is 14.4. The Bertz CT molecular complexity index is 148. The standard InChI is InChI=1S/C10H23PS2.Na/c1-3-5-7-9-11(12,13)10-8-6-4-2;/h3-10H2,1-2H3,(H,12,13);/q;+1/p-1. The minimum absolute atomic E-state index is 0. The SMILES string of the molecule is CCCCCP(=S)([S-])CCCCC.[Na+]. The number of unbranched alkanes of at least 4 members (excludes halogenated alkanes) is 4. The van der Waals surface area contributed by atoms with E-state index >= 15 is 0 Å². The van der Waals surface area contributed by atoms with Gasteiger partial charge in [-0.3, -0.25) is 0 Å². The Balaban J connectivity index is 0. The molecule has 0 aromatic carbocycles. The summed E-state index contributed by atoms with van der Waals surface area (Å²) in [5.41, 5.74) is 0. The topological polar surface area (TPSA) is 0 Å². The molecule has 14 heavy (non-hydrogen) atoms. The van der Waals surface area contributed by atoms with E-state index in [1.165, 1.54) is 38.5 Å². The molecule has 0 unspecified atom stereocenters. The van der Waals surface area contributed by atoms with Crippen LogP contribution < -0.4 is 29.6 Å². The Morgan fingerprint density at radius 3 is 1.57 bits per heavy atom. The Morgan fingerprint density at radius 2 is 1.29 bits per heavy atom. The molecule has 0 bridgehead atoms. The second-order valence-corrected chi connectivity index (χ2v) is 11.1. The van der Waals surface area contributed by atoms with Crippen LogP contribution in [0.3, 0.4) is 0 Å². The third-order valence-electron chi connectivity index (χ3n) is 2.20. The maximum absolute atomic E-state index is 5.50. The van der Waals surface area contributed by atoms with Crippen LogP contribution in [0.25, 0.3) is 0 Å². The van der Waals surface area contributed by atoms with Crippen LogP contribution in [0, 0.1) is 0 Å². The first-order valence-corrected chi connectivity index (χ1v) is 9.60. The Morgan fingerprint density at radius 1 is 0.929 bits per heavy atom. The number of hydrogen-bond acceptors (Lipinski definition) is 2. The molecule has 0 aliphatic carbocycles. The zero-order valence-electron chi connectivity index (χ0n) is 9.92. The van der Waals surface area contributed by atoms with Gasteiger partial charge in [0.15, 0.2) is 0 Å². The van der Waals surface area contributed by atoms with E-state index in [0.29, 0.717) is 0 Å². The summed E-state index contributed by atoms with van der Waals surface area (Å²) in [5.74, 6) is 0. The predicted molar refractivity (Wildman–Crippen MR) is 70.4 cm³/mol. The van der Waals surface area contributed by atoms with Gasteiger partial charge in [0.05, 0.1) is 0 Å². The molecule has 0 aromatic rings. The normalized spacial score (nSPS) is 11.1. The molecule has 0 heterocycles. The summed E-state index contributed by atoms with van der Waals surface area (Å²) >= 11 is 11.0. The quantitative estimate of drug-likeness (QED) is 0.279. The molecule has 0 spiro atoms. The summed E-state index contributed by atoms with van der Waals surface area (Å²) in [4.78, 5) is 0. The van der Waals surface area contributed by atoms with E-state index in [0.717, 1.165) is 12.3 Å². The Labute approximate surface area is 122 Å². The van der Waals surface area contributed by atoms with Crippen LogP contribution in [-0.4, -0.2) is 12.3 Å². The molecule has 0 aromatic heterocycles. The summed E-state index contributed by atoms with van der Waals surface area (Å²) in [7, 11) is 0. The third-order valence-corrected chi connectivity index (χ3v) is 6.39. The predicted octanol–water partition coefficient (Wildman–Crippen LogP) is 1.31. The first kappa shape index (κ1) is 18.4. The molecule has 0 saturated carbocycles. The van der Waals surface area contributed by atoms with E-state index in [4.69, 9.17) is 24.1 Å². The second kappa shape index (κ2) is 11.5. The molecule has 80 valence electrons. The molecular weight excluding hydrogens is 238 g/mol.